The maximum absolute atomic E-state index is 12.2. The summed E-state index contributed by atoms with van der Waals surface area (Å²) in [5.74, 6) is -1.01. The van der Waals surface area contributed by atoms with Crippen LogP contribution < -0.4 is 0 Å². The zero-order chi connectivity index (χ0) is 23.2. The topological polar surface area (TPSA) is 83.9 Å². The molecule has 6 nitrogen and oxygen atoms in total. The van der Waals surface area contributed by atoms with E-state index in [4.69, 9.17) is 9.84 Å². The minimum absolute atomic E-state index is 0.0359. The molecule has 1 unspecified atom stereocenters. The van der Waals surface area contributed by atoms with Gasteiger partial charge in [0.1, 0.15) is 6.04 Å². The van der Waals surface area contributed by atoms with Crippen molar-refractivity contribution >= 4 is 18.2 Å². The summed E-state index contributed by atoms with van der Waals surface area (Å²) in [6.45, 7) is 2.90. The van der Waals surface area contributed by atoms with E-state index in [1.54, 1.807) is 0 Å². The zero-order valence-electron chi connectivity index (χ0n) is 19.5. The average molecular weight is 446 g/mol. The van der Waals surface area contributed by atoms with E-state index in [0.717, 1.165) is 51.4 Å². The number of aryl methyl sites for hydroxylation is 2. The molecule has 6 heteroatoms. The monoisotopic (exact) mass is 445 g/mol. The van der Waals surface area contributed by atoms with Crippen LogP contribution in [0.5, 0.6) is 0 Å². The van der Waals surface area contributed by atoms with Gasteiger partial charge in [-0.15, -0.1) is 0 Å². The lowest BCUT2D eigenvalue weighted by Crippen LogP contribution is -2.49. The van der Waals surface area contributed by atoms with E-state index >= 15 is 0 Å². The highest BCUT2D eigenvalue weighted by Crippen LogP contribution is 2.18. The first kappa shape index (κ1) is 26.0. The van der Waals surface area contributed by atoms with E-state index in [1.165, 1.54) is 35.3 Å². The Bertz CT molecular complexity index is 697. The van der Waals surface area contributed by atoms with Gasteiger partial charge in [-0.25, -0.2) is 4.79 Å². The maximum Gasteiger partial charge on any atom is 0.328 e. The summed E-state index contributed by atoms with van der Waals surface area (Å²) < 4.78 is 5.33. The van der Waals surface area contributed by atoms with Gasteiger partial charge in [0, 0.05) is 6.54 Å². The van der Waals surface area contributed by atoms with Crippen LogP contribution in [0.15, 0.2) is 24.3 Å². The van der Waals surface area contributed by atoms with Gasteiger partial charge in [-0.2, -0.15) is 0 Å². The van der Waals surface area contributed by atoms with Crippen molar-refractivity contribution < 1.29 is 24.2 Å². The van der Waals surface area contributed by atoms with Crippen LogP contribution in [0, 0.1) is 6.92 Å². The fourth-order valence-electron chi connectivity index (χ4n) is 4.22. The van der Waals surface area contributed by atoms with Crippen LogP contribution in [-0.2, 0) is 25.5 Å². The van der Waals surface area contributed by atoms with Gasteiger partial charge in [-0.05, 0) is 70.3 Å². The number of piperidine rings is 1. The number of amides is 1. The van der Waals surface area contributed by atoms with Gasteiger partial charge < -0.3 is 14.7 Å². The summed E-state index contributed by atoms with van der Waals surface area (Å²) in [7, 11) is 0. The van der Waals surface area contributed by atoms with Crippen LogP contribution in [0.4, 0.5) is 0 Å². The van der Waals surface area contributed by atoms with Crippen LogP contribution in [0.2, 0.25) is 0 Å². The van der Waals surface area contributed by atoms with Crippen molar-refractivity contribution in [1.82, 2.24) is 4.90 Å². The fourth-order valence-corrected chi connectivity index (χ4v) is 4.22. The Balaban J connectivity index is 0.000000439. The molecule has 1 aliphatic carbocycles. The molecule has 0 radical (unpaired) electrons. The number of nitrogens with zero attached hydrogens (tertiary/aromatic N) is 1. The SMILES string of the molecule is Cc1ccc(CCCCCOC(=O)C2CCCCN2C(=O)C=O)cc1.OC1CCCCC1. The summed E-state index contributed by atoms with van der Waals surface area (Å²) >= 11 is 0. The van der Waals surface area contributed by atoms with E-state index in [-0.39, 0.29) is 18.4 Å². The molecule has 1 heterocycles. The summed E-state index contributed by atoms with van der Waals surface area (Å²) in [6.07, 6.45) is 12.4. The standard InChI is InChI=1S/C20H27NO4.C6H12O/c1-16-9-11-17(12-10-16)7-3-2-6-14-25-20(24)18-8-4-5-13-21(18)19(23)15-22;7-6-4-2-1-3-5-6/h9-12,15,18H,2-8,13-14H2,1H3;6-7H,1-5H2. The Labute approximate surface area is 192 Å². The molecule has 1 atom stereocenters. The van der Waals surface area contributed by atoms with Gasteiger partial charge >= 0.3 is 5.97 Å². The number of ether oxygens (including phenoxy) is 1. The highest BCUT2D eigenvalue weighted by Gasteiger charge is 2.32. The number of aliphatic hydroxyl groups excluding tert-OH is 1. The van der Waals surface area contributed by atoms with Crippen molar-refractivity contribution in [3.63, 3.8) is 0 Å². The maximum atomic E-state index is 12.2. The second kappa shape index (κ2) is 14.8. The predicted octanol–water partition coefficient (Wildman–Crippen LogP) is 4.14. The molecule has 1 amide bonds. The first-order valence-electron chi connectivity index (χ1n) is 12.2. The van der Waals surface area contributed by atoms with Gasteiger partial charge in [0.2, 0.25) is 6.29 Å². The van der Waals surface area contributed by atoms with Crippen LogP contribution >= 0.6 is 0 Å². The molecule has 32 heavy (non-hydrogen) atoms. The Morgan fingerprint density at radius 3 is 2.31 bits per heavy atom. The molecule has 1 aromatic carbocycles. The Hall–Kier alpha value is -2.21. The molecule has 0 aromatic heterocycles. The number of hydrogen-bond donors (Lipinski definition) is 1. The number of benzene rings is 1. The number of hydrogen-bond acceptors (Lipinski definition) is 5. The minimum Gasteiger partial charge on any atom is -0.464 e. The van der Waals surface area contributed by atoms with Crippen molar-refractivity contribution in [2.24, 2.45) is 0 Å². The molecule has 2 aliphatic rings. The van der Waals surface area contributed by atoms with E-state index in [0.29, 0.717) is 19.6 Å². The van der Waals surface area contributed by atoms with E-state index in [1.807, 2.05) is 0 Å². The largest absolute Gasteiger partial charge is 0.464 e. The number of esters is 1. The number of carbonyl (C=O) groups excluding carboxylic acids is 3. The zero-order valence-corrected chi connectivity index (χ0v) is 19.5. The lowest BCUT2D eigenvalue weighted by atomic mass is 9.98. The fraction of sp³-hybridized carbons (Fsp3) is 0.654. The first-order chi connectivity index (χ1) is 15.5. The molecule has 2 fully saturated rings. The molecule has 0 bridgehead atoms. The highest BCUT2D eigenvalue weighted by atomic mass is 16.5. The van der Waals surface area contributed by atoms with Crippen LogP contribution in [-0.4, -0.2) is 53.5 Å². The minimum atomic E-state index is -0.625. The Morgan fingerprint density at radius 1 is 1.00 bits per heavy atom. The van der Waals surface area contributed by atoms with Crippen molar-refractivity contribution in [3.8, 4) is 0 Å². The summed E-state index contributed by atoms with van der Waals surface area (Å²) in [5.41, 5.74) is 2.59. The number of unbranched alkanes of at least 4 members (excludes halogenated alkanes) is 2. The molecular weight excluding hydrogens is 406 g/mol. The average Bonchev–Trinajstić information content (AvgIpc) is 2.82. The van der Waals surface area contributed by atoms with Gasteiger partial charge in [0.15, 0.2) is 0 Å². The number of rotatable bonds is 8. The first-order valence-corrected chi connectivity index (χ1v) is 12.2. The van der Waals surface area contributed by atoms with Gasteiger partial charge in [-0.3, -0.25) is 9.59 Å². The lowest BCUT2D eigenvalue weighted by molar-refractivity contribution is -0.157. The van der Waals surface area contributed by atoms with Crippen LogP contribution in [0.3, 0.4) is 0 Å². The molecule has 1 aromatic rings. The van der Waals surface area contributed by atoms with Gasteiger partial charge in [-0.1, -0.05) is 49.1 Å². The van der Waals surface area contributed by atoms with E-state index in [9.17, 15) is 14.4 Å². The van der Waals surface area contributed by atoms with Crippen molar-refractivity contribution in [2.45, 2.75) is 96.1 Å². The summed E-state index contributed by atoms with van der Waals surface area (Å²) in [6, 6.07) is 7.94. The Kier molecular flexibility index (Phi) is 12.0. The van der Waals surface area contributed by atoms with E-state index in [2.05, 4.69) is 31.2 Å². The van der Waals surface area contributed by atoms with Gasteiger partial charge in [0.25, 0.3) is 5.91 Å². The van der Waals surface area contributed by atoms with Crippen LogP contribution in [0.1, 0.15) is 81.8 Å². The molecule has 0 spiro atoms. The third-order valence-corrected chi connectivity index (χ3v) is 6.21. The third kappa shape index (κ3) is 9.51. The van der Waals surface area contributed by atoms with Crippen molar-refractivity contribution in [2.75, 3.05) is 13.2 Å². The smallest absolute Gasteiger partial charge is 0.328 e. The van der Waals surface area contributed by atoms with E-state index < -0.39 is 11.9 Å². The number of aldehydes is 1. The normalized spacial score (nSPS) is 18.9. The molecule has 3 rings (SSSR count). The molecule has 1 saturated carbocycles. The molecule has 1 saturated heterocycles. The number of aliphatic hydroxyl groups is 1. The molecule has 178 valence electrons. The van der Waals surface area contributed by atoms with Crippen molar-refractivity contribution in [3.05, 3.63) is 35.4 Å². The predicted molar refractivity (Wildman–Crippen MR) is 124 cm³/mol. The third-order valence-electron chi connectivity index (χ3n) is 6.21. The van der Waals surface area contributed by atoms with Gasteiger partial charge in [0.05, 0.1) is 12.7 Å². The molecule has 1 N–H and O–H groups in total. The highest BCUT2D eigenvalue weighted by molar-refractivity contribution is 6.24. The Morgan fingerprint density at radius 2 is 1.69 bits per heavy atom. The molecule has 1 aliphatic heterocycles. The lowest BCUT2D eigenvalue weighted by Gasteiger charge is -2.32. The number of likely N-dealkylation sites (tertiary alicyclic amines) is 1. The second-order valence-corrected chi connectivity index (χ2v) is 8.92. The number of carbonyl (C=O) groups is 3. The summed E-state index contributed by atoms with van der Waals surface area (Å²) in [4.78, 5) is 35.8. The van der Waals surface area contributed by atoms with Crippen LogP contribution in [0.25, 0.3) is 0 Å². The second-order valence-electron chi connectivity index (χ2n) is 8.92. The quantitative estimate of drug-likeness (QED) is 0.281. The molecular formula is C26H39NO5. The van der Waals surface area contributed by atoms with Crippen molar-refractivity contribution in [1.29, 1.82) is 0 Å². The summed E-state index contributed by atoms with van der Waals surface area (Å²) in [5, 5.41) is 8.91.